The zero-order chi connectivity index (χ0) is 26.9. The summed E-state index contributed by atoms with van der Waals surface area (Å²) >= 11 is 0. The molecular weight excluding hydrogens is 499 g/mol. The summed E-state index contributed by atoms with van der Waals surface area (Å²) in [4.78, 5) is 13.0. The average molecular weight is 524 g/mol. The molecule has 2 heterocycles. The molecule has 1 atom stereocenters. The molecule has 1 unspecified atom stereocenters. The number of anilines is 1. The molecule has 4 aromatic rings. The fourth-order valence-electron chi connectivity index (χ4n) is 4.54. The molecule has 2 aromatic carbocycles. The number of fused-ring (bicyclic) bond motifs is 1. The van der Waals surface area contributed by atoms with Crippen molar-refractivity contribution in [2.45, 2.75) is 32.0 Å². The average Bonchev–Trinajstić information content (AvgIpc) is 3.43. The van der Waals surface area contributed by atoms with Gasteiger partial charge < -0.3 is 21.0 Å². The Labute approximate surface area is 216 Å². The van der Waals surface area contributed by atoms with Crippen LogP contribution in [0.1, 0.15) is 28.7 Å². The van der Waals surface area contributed by atoms with E-state index >= 15 is 0 Å². The molecule has 3 N–H and O–H groups in total. The predicted octanol–water partition coefficient (Wildman–Crippen LogP) is 4.52. The third-order valence-corrected chi connectivity index (χ3v) is 6.45. The minimum absolute atomic E-state index is 0.0702. The van der Waals surface area contributed by atoms with E-state index in [0.717, 1.165) is 23.3 Å². The van der Waals surface area contributed by atoms with Gasteiger partial charge in [-0.3, -0.25) is 4.79 Å². The molecule has 0 bridgehead atoms. The van der Waals surface area contributed by atoms with Gasteiger partial charge in [0.15, 0.2) is 0 Å². The highest BCUT2D eigenvalue weighted by Crippen LogP contribution is 2.34. The second-order valence-electron chi connectivity index (χ2n) is 9.08. The van der Waals surface area contributed by atoms with E-state index in [1.54, 1.807) is 30.6 Å². The van der Waals surface area contributed by atoms with E-state index in [2.05, 4.69) is 10.4 Å². The maximum Gasteiger partial charge on any atom is 0.416 e. The van der Waals surface area contributed by atoms with E-state index in [1.807, 2.05) is 18.2 Å². The second kappa shape index (κ2) is 10.2. The minimum atomic E-state index is -4.54. The van der Waals surface area contributed by atoms with Crippen molar-refractivity contribution in [3.8, 4) is 17.3 Å². The first-order chi connectivity index (χ1) is 18.2. The summed E-state index contributed by atoms with van der Waals surface area (Å²) < 4.78 is 47.9. The second-order valence-corrected chi connectivity index (χ2v) is 9.08. The number of benzene rings is 2. The zero-order valence-electron chi connectivity index (χ0n) is 20.1. The topological polar surface area (TPSA) is 109 Å². The summed E-state index contributed by atoms with van der Waals surface area (Å²) in [5.74, 6) is 0.472. The number of carbonyl (C=O) groups excluding carboxylic acids is 1. The Bertz CT molecular complexity index is 1470. The molecule has 0 aliphatic heterocycles. The van der Waals surface area contributed by atoms with E-state index in [9.17, 15) is 23.2 Å². The van der Waals surface area contributed by atoms with E-state index in [1.165, 1.54) is 16.9 Å². The van der Waals surface area contributed by atoms with Crippen LogP contribution in [0, 0.1) is 11.1 Å². The lowest BCUT2D eigenvalue weighted by atomic mass is 9.83. The highest BCUT2D eigenvalue weighted by Gasteiger charge is 2.32. The van der Waals surface area contributed by atoms with Crippen LogP contribution in [0.15, 0.2) is 73.2 Å². The normalized spacial score (nSPS) is 15.1. The van der Waals surface area contributed by atoms with Crippen LogP contribution >= 0.6 is 0 Å². The van der Waals surface area contributed by atoms with Crippen LogP contribution in [0.2, 0.25) is 0 Å². The highest BCUT2D eigenvalue weighted by molar-refractivity contribution is 5.93. The molecule has 11 heteroatoms. The van der Waals surface area contributed by atoms with Gasteiger partial charge in [0.1, 0.15) is 17.7 Å². The van der Waals surface area contributed by atoms with Gasteiger partial charge in [-0.2, -0.15) is 13.2 Å². The SMILES string of the molecule is NCc1cc(NC(=O)C2CCc3ccc(Oc4cc[n+]([O-])c(-n5cccn5)c4)cc3C2)cc(C(F)(F)F)c1. The van der Waals surface area contributed by atoms with Crippen LogP contribution in [0.4, 0.5) is 18.9 Å². The number of nitrogens with two attached hydrogens (primary N) is 1. The third-order valence-electron chi connectivity index (χ3n) is 6.45. The van der Waals surface area contributed by atoms with Gasteiger partial charge in [-0.15, -0.1) is 4.68 Å². The van der Waals surface area contributed by atoms with Gasteiger partial charge in [-0.25, -0.2) is 4.73 Å². The first-order valence-electron chi connectivity index (χ1n) is 11.9. The number of nitrogens with zero attached hydrogens (tertiary/aromatic N) is 3. The Balaban J connectivity index is 1.31. The van der Waals surface area contributed by atoms with Crippen molar-refractivity contribution in [1.29, 1.82) is 0 Å². The van der Waals surface area contributed by atoms with Gasteiger partial charge in [-0.05, 0) is 66.3 Å². The summed E-state index contributed by atoms with van der Waals surface area (Å²) in [5, 5.41) is 18.9. The molecule has 1 aliphatic carbocycles. The minimum Gasteiger partial charge on any atom is -0.711 e. The molecule has 1 aliphatic rings. The number of carbonyl (C=O) groups is 1. The molecule has 196 valence electrons. The van der Waals surface area contributed by atoms with Gasteiger partial charge in [0.25, 0.3) is 0 Å². The summed E-state index contributed by atoms with van der Waals surface area (Å²) in [5.41, 5.74) is 7.05. The molecule has 2 aromatic heterocycles. The molecular formula is C27H24F3N5O3. The van der Waals surface area contributed by atoms with Gasteiger partial charge in [-0.1, -0.05) is 11.2 Å². The molecule has 0 saturated carbocycles. The van der Waals surface area contributed by atoms with Crippen molar-refractivity contribution in [1.82, 2.24) is 9.78 Å². The van der Waals surface area contributed by atoms with Gasteiger partial charge in [0.05, 0.1) is 24.0 Å². The van der Waals surface area contributed by atoms with Crippen LogP contribution in [0.3, 0.4) is 0 Å². The smallest absolute Gasteiger partial charge is 0.416 e. The lowest BCUT2D eigenvalue weighted by molar-refractivity contribution is -0.600. The predicted molar refractivity (Wildman–Crippen MR) is 133 cm³/mol. The van der Waals surface area contributed by atoms with Crippen LogP contribution in [0.5, 0.6) is 11.5 Å². The lowest BCUT2D eigenvalue weighted by Crippen LogP contribution is -2.31. The number of halogens is 3. The maximum atomic E-state index is 13.3. The Morgan fingerprint density at radius 2 is 1.97 bits per heavy atom. The first-order valence-corrected chi connectivity index (χ1v) is 11.9. The number of amides is 1. The van der Waals surface area contributed by atoms with E-state index < -0.39 is 17.7 Å². The molecule has 1 amide bonds. The van der Waals surface area contributed by atoms with E-state index in [-0.39, 0.29) is 29.5 Å². The number of pyridine rings is 1. The Kier molecular flexibility index (Phi) is 6.77. The van der Waals surface area contributed by atoms with Gasteiger partial charge in [0, 0.05) is 30.3 Å². The Morgan fingerprint density at radius 1 is 1.16 bits per heavy atom. The van der Waals surface area contributed by atoms with Crippen molar-refractivity contribution in [2.75, 3.05) is 5.32 Å². The van der Waals surface area contributed by atoms with Crippen molar-refractivity contribution < 1.29 is 27.4 Å². The van der Waals surface area contributed by atoms with Crippen LogP contribution in [-0.2, 0) is 30.4 Å². The summed E-state index contributed by atoms with van der Waals surface area (Å²) in [6, 6.07) is 13.8. The van der Waals surface area contributed by atoms with Gasteiger partial charge in [0.2, 0.25) is 5.91 Å². The number of hydrogen-bond donors (Lipinski definition) is 2. The summed E-state index contributed by atoms with van der Waals surface area (Å²) in [6.45, 7) is -0.0773. The fourth-order valence-corrected chi connectivity index (χ4v) is 4.54. The molecule has 0 spiro atoms. The monoisotopic (exact) mass is 523 g/mol. The Morgan fingerprint density at radius 3 is 2.71 bits per heavy atom. The molecule has 38 heavy (non-hydrogen) atoms. The highest BCUT2D eigenvalue weighted by atomic mass is 19.4. The number of aromatic nitrogens is 3. The molecule has 0 saturated heterocycles. The standard InChI is InChI=1S/C27H24F3N5O3/c28-27(29,30)21-10-17(16-31)11-22(14-21)33-26(36)19-3-2-18-4-5-23(13-20(18)12-19)38-24-6-9-35(37)25(15-24)34-8-1-7-32-34/h1,4-11,13-15,19H,2-3,12,16,31H2,(H,33,36). The van der Waals surface area contributed by atoms with Crippen LogP contribution in [-0.4, -0.2) is 15.7 Å². The largest absolute Gasteiger partial charge is 0.711 e. The van der Waals surface area contributed by atoms with Crippen molar-refractivity contribution >= 4 is 11.6 Å². The zero-order valence-corrected chi connectivity index (χ0v) is 20.1. The van der Waals surface area contributed by atoms with Gasteiger partial charge >= 0.3 is 12.0 Å². The quantitative estimate of drug-likeness (QED) is 0.285. The number of rotatable bonds is 6. The Hall–Kier alpha value is -4.38. The molecule has 0 fully saturated rings. The van der Waals surface area contributed by atoms with Crippen LogP contribution < -0.4 is 20.5 Å². The third kappa shape index (κ3) is 5.47. The number of nitrogens with one attached hydrogen (secondary N) is 1. The van der Waals surface area contributed by atoms with Crippen molar-refractivity contribution in [2.24, 2.45) is 11.7 Å². The summed E-state index contributed by atoms with van der Waals surface area (Å²) in [6.07, 6.45) is 1.62. The number of hydrogen-bond acceptors (Lipinski definition) is 5. The maximum absolute atomic E-state index is 13.3. The number of alkyl halides is 3. The molecule has 5 rings (SSSR count). The molecule has 8 nitrogen and oxygen atoms in total. The van der Waals surface area contributed by atoms with Crippen molar-refractivity contribution in [3.05, 3.63) is 101 Å². The van der Waals surface area contributed by atoms with E-state index in [0.29, 0.717) is 35.5 Å². The number of aryl methyl sites for hydroxylation is 1. The fraction of sp³-hybridized carbons (Fsp3) is 0.222. The van der Waals surface area contributed by atoms with Crippen LogP contribution in [0.25, 0.3) is 5.82 Å². The summed E-state index contributed by atoms with van der Waals surface area (Å²) in [7, 11) is 0. The first kappa shape index (κ1) is 25.3. The lowest BCUT2D eigenvalue weighted by Gasteiger charge is -2.25. The van der Waals surface area contributed by atoms with E-state index in [4.69, 9.17) is 10.5 Å². The number of ether oxygens (including phenoxy) is 1. The van der Waals surface area contributed by atoms with Crippen molar-refractivity contribution in [3.63, 3.8) is 0 Å². The molecule has 0 radical (unpaired) electrons.